The SMILES string of the molecule is CC.CC.CC(C)C.CNC(=O)CNC(=O)C(N)CC(C)C. The summed E-state index contributed by atoms with van der Waals surface area (Å²) >= 11 is 0. The third kappa shape index (κ3) is 31.3. The lowest BCUT2D eigenvalue weighted by Gasteiger charge is -2.13. The Morgan fingerprint density at radius 2 is 1.32 bits per heavy atom. The van der Waals surface area contributed by atoms with Crippen molar-refractivity contribution in [3.05, 3.63) is 0 Å². The van der Waals surface area contributed by atoms with E-state index in [-0.39, 0.29) is 18.4 Å². The molecule has 0 aliphatic carbocycles. The molecular weight excluding hydrogens is 278 g/mol. The van der Waals surface area contributed by atoms with Crippen molar-refractivity contribution in [2.75, 3.05) is 13.6 Å². The number of carbonyl (C=O) groups excluding carboxylic acids is 2. The standard InChI is InChI=1S/C9H19N3O2.C4H10.2C2H6/c1-6(2)4-7(10)9(14)12-5-8(13)11-3;1-4(2)3;2*1-2/h6-7H,4-5,10H2,1-3H3,(H,11,13)(H,12,14);4H,1-3H3;2*1-2H3. The summed E-state index contributed by atoms with van der Waals surface area (Å²) in [6, 6.07) is -0.528. The van der Waals surface area contributed by atoms with Crippen molar-refractivity contribution in [1.82, 2.24) is 10.6 Å². The van der Waals surface area contributed by atoms with E-state index in [0.29, 0.717) is 12.3 Å². The highest BCUT2D eigenvalue weighted by molar-refractivity contribution is 5.87. The lowest BCUT2D eigenvalue weighted by Crippen LogP contribution is -2.44. The quantitative estimate of drug-likeness (QED) is 0.728. The van der Waals surface area contributed by atoms with Crippen molar-refractivity contribution in [2.24, 2.45) is 17.6 Å². The molecule has 4 N–H and O–H groups in total. The van der Waals surface area contributed by atoms with Crippen LogP contribution in [-0.4, -0.2) is 31.4 Å². The van der Waals surface area contributed by atoms with Gasteiger partial charge in [-0.2, -0.15) is 0 Å². The number of amides is 2. The summed E-state index contributed by atoms with van der Waals surface area (Å²) in [4.78, 5) is 22.1. The van der Waals surface area contributed by atoms with Crippen LogP contribution in [0.5, 0.6) is 0 Å². The summed E-state index contributed by atoms with van der Waals surface area (Å²) < 4.78 is 0. The molecule has 0 heterocycles. The van der Waals surface area contributed by atoms with E-state index in [4.69, 9.17) is 5.73 Å². The molecule has 2 amide bonds. The minimum absolute atomic E-state index is 0.0128. The fraction of sp³-hybridized carbons (Fsp3) is 0.882. The lowest BCUT2D eigenvalue weighted by molar-refractivity contribution is -0.126. The van der Waals surface area contributed by atoms with Crippen LogP contribution in [0.4, 0.5) is 0 Å². The second-order valence-corrected chi connectivity index (χ2v) is 5.36. The van der Waals surface area contributed by atoms with Gasteiger partial charge in [-0.3, -0.25) is 9.59 Å². The van der Waals surface area contributed by atoms with Crippen LogP contribution < -0.4 is 16.4 Å². The molecule has 1 unspecified atom stereocenters. The molecule has 0 bridgehead atoms. The zero-order chi connectivity index (χ0) is 18.7. The molecule has 0 radical (unpaired) electrons. The summed E-state index contributed by atoms with van der Waals surface area (Å²) in [6.45, 7) is 18.5. The molecule has 22 heavy (non-hydrogen) atoms. The number of likely N-dealkylation sites (N-methyl/N-ethyl adjacent to an activating group) is 1. The van der Waals surface area contributed by atoms with Gasteiger partial charge in [0, 0.05) is 7.05 Å². The highest BCUT2D eigenvalue weighted by atomic mass is 16.2. The Balaban J connectivity index is -0.000000170. The molecule has 0 saturated heterocycles. The molecule has 0 aromatic rings. The molecule has 0 spiro atoms. The summed E-state index contributed by atoms with van der Waals surface area (Å²) in [7, 11) is 1.52. The first kappa shape index (κ1) is 29.0. The highest BCUT2D eigenvalue weighted by Gasteiger charge is 2.14. The van der Waals surface area contributed by atoms with Gasteiger partial charge in [0.1, 0.15) is 0 Å². The van der Waals surface area contributed by atoms with E-state index >= 15 is 0 Å². The van der Waals surface area contributed by atoms with E-state index in [1.54, 1.807) is 0 Å². The van der Waals surface area contributed by atoms with Crippen LogP contribution in [-0.2, 0) is 9.59 Å². The monoisotopic (exact) mass is 319 g/mol. The largest absolute Gasteiger partial charge is 0.358 e. The first-order chi connectivity index (χ1) is 10.2. The van der Waals surface area contributed by atoms with E-state index in [9.17, 15) is 9.59 Å². The maximum absolute atomic E-state index is 11.3. The molecular formula is C17H41N3O2. The van der Waals surface area contributed by atoms with Gasteiger partial charge in [-0.15, -0.1) is 0 Å². The summed E-state index contributed by atoms with van der Waals surface area (Å²) in [6.07, 6.45) is 0.625. The smallest absolute Gasteiger partial charge is 0.239 e. The van der Waals surface area contributed by atoms with Crippen molar-refractivity contribution in [3.8, 4) is 0 Å². The fourth-order valence-corrected chi connectivity index (χ4v) is 1.00. The molecule has 0 aliphatic heterocycles. The zero-order valence-corrected chi connectivity index (χ0v) is 16.5. The normalized spacial score (nSPS) is 10.0. The summed E-state index contributed by atoms with van der Waals surface area (Å²) in [5, 5.41) is 4.87. The van der Waals surface area contributed by atoms with E-state index in [2.05, 4.69) is 31.4 Å². The Morgan fingerprint density at radius 3 is 1.59 bits per heavy atom. The van der Waals surface area contributed by atoms with Crippen molar-refractivity contribution in [1.29, 1.82) is 0 Å². The zero-order valence-electron chi connectivity index (χ0n) is 16.5. The van der Waals surface area contributed by atoms with Crippen molar-refractivity contribution in [2.45, 2.75) is 74.8 Å². The number of hydrogen-bond donors (Lipinski definition) is 3. The summed E-state index contributed by atoms with van der Waals surface area (Å²) in [5.41, 5.74) is 5.60. The average molecular weight is 320 g/mol. The number of rotatable bonds is 5. The van der Waals surface area contributed by atoms with Crippen molar-refractivity contribution in [3.63, 3.8) is 0 Å². The molecule has 0 aromatic heterocycles. The minimum atomic E-state index is -0.528. The second kappa shape index (κ2) is 22.2. The third-order valence-electron chi connectivity index (χ3n) is 1.76. The predicted molar refractivity (Wildman–Crippen MR) is 97.7 cm³/mol. The average Bonchev–Trinajstić information content (AvgIpc) is 2.47. The molecule has 0 fully saturated rings. The predicted octanol–water partition coefficient (Wildman–Crippen LogP) is 2.94. The maximum atomic E-state index is 11.3. The highest BCUT2D eigenvalue weighted by Crippen LogP contribution is 2.01. The first-order valence-electron chi connectivity index (χ1n) is 8.44. The minimum Gasteiger partial charge on any atom is -0.358 e. The van der Waals surface area contributed by atoms with Crippen LogP contribution in [0.25, 0.3) is 0 Å². The second-order valence-electron chi connectivity index (χ2n) is 5.36. The van der Waals surface area contributed by atoms with Crippen molar-refractivity contribution >= 4 is 11.8 Å². The van der Waals surface area contributed by atoms with E-state index in [1.807, 2.05) is 41.5 Å². The molecule has 5 nitrogen and oxygen atoms in total. The van der Waals surface area contributed by atoms with Crippen LogP contribution in [0.3, 0.4) is 0 Å². The van der Waals surface area contributed by atoms with Crippen LogP contribution in [0, 0.1) is 11.8 Å². The van der Waals surface area contributed by atoms with Gasteiger partial charge in [-0.25, -0.2) is 0 Å². The van der Waals surface area contributed by atoms with Gasteiger partial charge < -0.3 is 16.4 Å². The number of hydrogen-bond acceptors (Lipinski definition) is 3. The third-order valence-corrected chi connectivity index (χ3v) is 1.76. The van der Waals surface area contributed by atoms with Crippen LogP contribution in [0.15, 0.2) is 0 Å². The van der Waals surface area contributed by atoms with Crippen LogP contribution in [0.2, 0.25) is 0 Å². The molecule has 5 heteroatoms. The fourth-order valence-electron chi connectivity index (χ4n) is 1.00. The molecule has 136 valence electrons. The van der Waals surface area contributed by atoms with E-state index < -0.39 is 6.04 Å². The first-order valence-corrected chi connectivity index (χ1v) is 8.44. The van der Waals surface area contributed by atoms with E-state index in [0.717, 1.165) is 5.92 Å². The molecule has 1 atom stereocenters. The number of nitrogens with one attached hydrogen (secondary N) is 2. The van der Waals surface area contributed by atoms with Crippen LogP contribution in [0.1, 0.15) is 68.7 Å². The Labute approximate surface area is 138 Å². The summed E-state index contributed by atoms with van der Waals surface area (Å²) in [5.74, 6) is 0.702. The number of nitrogens with two attached hydrogens (primary N) is 1. The Hall–Kier alpha value is -1.10. The van der Waals surface area contributed by atoms with Gasteiger partial charge in [0.15, 0.2) is 0 Å². The van der Waals surface area contributed by atoms with Crippen molar-refractivity contribution < 1.29 is 9.59 Å². The number of carbonyl (C=O) groups is 2. The topological polar surface area (TPSA) is 84.2 Å². The molecule has 0 aromatic carbocycles. The molecule has 0 saturated carbocycles. The lowest BCUT2D eigenvalue weighted by atomic mass is 10.0. The van der Waals surface area contributed by atoms with Crippen LogP contribution >= 0.6 is 0 Å². The van der Waals surface area contributed by atoms with E-state index in [1.165, 1.54) is 7.05 Å². The van der Waals surface area contributed by atoms with Gasteiger partial charge in [0.05, 0.1) is 12.6 Å². The van der Waals surface area contributed by atoms with Gasteiger partial charge in [0.25, 0.3) is 0 Å². The maximum Gasteiger partial charge on any atom is 0.239 e. The van der Waals surface area contributed by atoms with Gasteiger partial charge in [-0.05, 0) is 18.3 Å². The van der Waals surface area contributed by atoms with Gasteiger partial charge in [-0.1, -0.05) is 62.3 Å². The molecule has 0 rings (SSSR count). The Kier molecular flexibility index (Phi) is 29.2. The van der Waals surface area contributed by atoms with Gasteiger partial charge >= 0.3 is 0 Å². The van der Waals surface area contributed by atoms with Gasteiger partial charge in [0.2, 0.25) is 11.8 Å². The molecule has 0 aliphatic rings. The Morgan fingerprint density at radius 1 is 0.955 bits per heavy atom. The Bertz CT molecular complexity index is 239.